The van der Waals surface area contributed by atoms with Crippen molar-refractivity contribution in [1.82, 2.24) is 0 Å². The van der Waals surface area contributed by atoms with Gasteiger partial charge in [0.1, 0.15) is 5.82 Å². The number of nitrogens with one attached hydrogen (secondary N) is 2. The van der Waals surface area contributed by atoms with E-state index in [1.807, 2.05) is 66.7 Å². The van der Waals surface area contributed by atoms with Gasteiger partial charge in [-0.2, -0.15) is 0 Å². The van der Waals surface area contributed by atoms with Gasteiger partial charge in [-0.05, 0) is 47.5 Å². The van der Waals surface area contributed by atoms with Crippen molar-refractivity contribution < 1.29 is 9.18 Å². The van der Waals surface area contributed by atoms with Gasteiger partial charge in [0, 0.05) is 11.4 Å². The molecular weight excluding hydrogens is 315 g/mol. The molecule has 3 nitrogen and oxygen atoms in total. The minimum Gasteiger partial charge on any atom is -0.308 e. The van der Waals surface area contributed by atoms with Gasteiger partial charge in [-0.25, -0.2) is 9.18 Å². The van der Waals surface area contributed by atoms with E-state index in [0.29, 0.717) is 11.4 Å². The van der Waals surface area contributed by atoms with Crippen molar-refractivity contribution in [3.8, 4) is 0 Å². The molecule has 0 aromatic heterocycles. The molecule has 0 unspecified atom stereocenters. The second kappa shape index (κ2) is 7.93. The third kappa shape index (κ3) is 5.04. The summed E-state index contributed by atoms with van der Waals surface area (Å²) in [4.78, 5) is 11.9. The second-order valence-electron chi connectivity index (χ2n) is 5.45. The number of halogens is 1. The fourth-order valence-electron chi connectivity index (χ4n) is 2.26. The average molecular weight is 332 g/mol. The molecule has 2 amide bonds. The highest BCUT2D eigenvalue weighted by Crippen LogP contribution is 2.14. The van der Waals surface area contributed by atoms with Crippen LogP contribution in [0.15, 0.2) is 78.9 Å². The maximum absolute atomic E-state index is 12.8. The second-order valence-corrected chi connectivity index (χ2v) is 5.45. The van der Waals surface area contributed by atoms with E-state index in [2.05, 4.69) is 10.6 Å². The molecule has 25 heavy (non-hydrogen) atoms. The lowest BCUT2D eigenvalue weighted by atomic mass is 10.1. The van der Waals surface area contributed by atoms with Gasteiger partial charge in [-0.3, -0.25) is 0 Å². The van der Waals surface area contributed by atoms with Crippen LogP contribution in [0.3, 0.4) is 0 Å². The summed E-state index contributed by atoms with van der Waals surface area (Å²) in [7, 11) is 0. The number of hydrogen-bond donors (Lipinski definition) is 2. The van der Waals surface area contributed by atoms with Crippen molar-refractivity contribution in [3.05, 3.63) is 95.8 Å². The third-order valence-corrected chi connectivity index (χ3v) is 3.54. The van der Waals surface area contributed by atoms with E-state index in [4.69, 9.17) is 0 Å². The van der Waals surface area contributed by atoms with Gasteiger partial charge in [0.25, 0.3) is 0 Å². The van der Waals surface area contributed by atoms with Crippen molar-refractivity contribution in [1.29, 1.82) is 0 Å². The van der Waals surface area contributed by atoms with E-state index in [-0.39, 0.29) is 11.8 Å². The smallest absolute Gasteiger partial charge is 0.308 e. The van der Waals surface area contributed by atoms with Crippen molar-refractivity contribution in [2.75, 3.05) is 10.6 Å². The molecule has 0 aliphatic heterocycles. The van der Waals surface area contributed by atoms with Crippen LogP contribution in [-0.2, 0) is 0 Å². The van der Waals surface area contributed by atoms with Gasteiger partial charge in [0.05, 0.1) is 0 Å². The Morgan fingerprint density at radius 1 is 0.680 bits per heavy atom. The Morgan fingerprint density at radius 3 is 1.72 bits per heavy atom. The summed E-state index contributed by atoms with van der Waals surface area (Å²) < 4.78 is 12.8. The van der Waals surface area contributed by atoms with Gasteiger partial charge >= 0.3 is 6.03 Å². The van der Waals surface area contributed by atoms with Gasteiger partial charge in [0.15, 0.2) is 0 Å². The Bertz CT molecular complexity index is 857. The van der Waals surface area contributed by atoms with E-state index in [9.17, 15) is 9.18 Å². The standard InChI is InChI=1S/C21H17FN2O/c22-18-10-14-20(15-11-18)24-21(25)23-19-12-8-17(9-13-19)7-6-16-4-2-1-3-5-16/h1-15H,(H2,23,24,25)/b7-6+. The van der Waals surface area contributed by atoms with Crippen LogP contribution >= 0.6 is 0 Å². The number of amides is 2. The maximum atomic E-state index is 12.8. The molecule has 0 atom stereocenters. The number of anilines is 2. The average Bonchev–Trinajstić information content (AvgIpc) is 2.64. The highest BCUT2D eigenvalue weighted by molar-refractivity contribution is 5.99. The monoisotopic (exact) mass is 332 g/mol. The van der Waals surface area contributed by atoms with E-state index in [1.165, 1.54) is 24.3 Å². The molecule has 3 aromatic rings. The van der Waals surface area contributed by atoms with Crippen LogP contribution in [0.25, 0.3) is 12.2 Å². The quantitative estimate of drug-likeness (QED) is 0.596. The molecule has 0 heterocycles. The first-order valence-electron chi connectivity index (χ1n) is 7.86. The van der Waals surface area contributed by atoms with Crippen LogP contribution in [0.4, 0.5) is 20.6 Å². The van der Waals surface area contributed by atoms with E-state index in [1.54, 1.807) is 0 Å². The van der Waals surface area contributed by atoms with Crippen molar-refractivity contribution in [2.24, 2.45) is 0 Å². The minimum atomic E-state index is -0.376. The zero-order valence-corrected chi connectivity index (χ0v) is 13.4. The zero-order chi connectivity index (χ0) is 17.5. The fraction of sp³-hybridized carbons (Fsp3) is 0. The van der Waals surface area contributed by atoms with Gasteiger partial charge in [0.2, 0.25) is 0 Å². The molecule has 0 fully saturated rings. The van der Waals surface area contributed by atoms with Gasteiger partial charge in [-0.15, -0.1) is 0 Å². The largest absolute Gasteiger partial charge is 0.323 e. The molecule has 0 spiro atoms. The molecule has 3 aromatic carbocycles. The zero-order valence-electron chi connectivity index (χ0n) is 13.4. The Labute approximate surface area is 145 Å². The predicted molar refractivity (Wildman–Crippen MR) is 101 cm³/mol. The number of urea groups is 1. The van der Waals surface area contributed by atoms with Gasteiger partial charge in [-0.1, -0.05) is 54.6 Å². The number of carbonyl (C=O) groups is 1. The van der Waals surface area contributed by atoms with Crippen molar-refractivity contribution in [3.63, 3.8) is 0 Å². The first-order chi connectivity index (χ1) is 12.2. The number of carbonyl (C=O) groups excluding carboxylic acids is 1. The molecule has 3 rings (SSSR count). The van der Waals surface area contributed by atoms with E-state index >= 15 is 0 Å². The summed E-state index contributed by atoms with van der Waals surface area (Å²) in [6.07, 6.45) is 4.04. The molecule has 0 radical (unpaired) electrons. The Kier molecular flexibility index (Phi) is 5.22. The van der Waals surface area contributed by atoms with Crippen LogP contribution < -0.4 is 10.6 Å². The lowest BCUT2D eigenvalue weighted by molar-refractivity contribution is 0.262. The van der Waals surface area contributed by atoms with Crippen molar-refractivity contribution in [2.45, 2.75) is 0 Å². The summed E-state index contributed by atoms with van der Waals surface area (Å²) in [5.74, 6) is -0.342. The van der Waals surface area contributed by atoms with E-state index in [0.717, 1.165) is 11.1 Å². The summed E-state index contributed by atoms with van der Waals surface area (Å²) in [5, 5.41) is 5.39. The highest BCUT2D eigenvalue weighted by atomic mass is 19.1. The maximum Gasteiger partial charge on any atom is 0.323 e. The molecule has 0 aliphatic carbocycles. The molecule has 4 heteroatoms. The highest BCUT2D eigenvalue weighted by Gasteiger charge is 2.02. The molecule has 124 valence electrons. The molecule has 2 N–H and O–H groups in total. The van der Waals surface area contributed by atoms with Gasteiger partial charge < -0.3 is 10.6 Å². The van der Waals surface area contributed by atoms with Crippen LogP contribution in [0.2, 0.25) is 0 Å². The summed E-state index contributed by atoms with van der Waals surface area (Å²) in [6.45, 7) is 0. The Morgan fingerprint density at radius 2 is 1.16 bits per heavy atom. The summed E-state index contributed by atoms with van der Waals surface area (Å²) in [5.41, 5.74) is 3.37. The molecular formula is C21H17FN2O. The topological polar surface area (TPSA) is 41.1 Å². The van der Waals surface area contributed by atoms with Crippen LogP contribution in [0, 0.1) is 5.82 Å². The third-order valence-electron chi connectivity index (χ3n) is 3.54. The van der Waals surface area contributed by atoms with Crippen LogP contribution in [0.5, 0.6) is 0 Å². The summed E-state index contributed by atoms with van der Waals surface area (Å²) >= 11 is 0. The molecule has 0 saturated carbocycles. The fourth-order valence-corrected chi connectivity index (χ4v) is 2.26. The normalized spacial score (nSPS) is 10.6. The lowest BCUT2D eigenvalue weighted by Crippen LogP contribution is -2.19. The molecule has 0 bridgehead atoms. The number of rotatable bonds is 4. The predicted octanol–water partition coefficient (Wildman–Crippen LogP) is 5.64. The van der Waals surface area contributed by atoms with E-state index < -0.39 is 0 Å². The van der Waals surface area contributed by atoms with Crippen molar-refractivity contribution >= 4 is 29.6 Å². The summed E-state index contributed by atoms with van der Waals surface area (Å²) in [6, 6.07) is 22.8. The SMILES string of the molecule is O=C(Nc1ccc(F)cc1)Nc1ccc(/C=C/c2ccccc2)cc1. The minimum absolute atomic E-state index is 0.342. The first-order valence-corrected chi connectivity index (χ1v) is 7.86. The first kappa shape index (κ1) is 16.5. The Hall–Kier alpha value is -3.40. The van der Waals surface area contributed by atoms with Crippen LogP contribution in [0.1, 0.15) is 11.1 Å². The lowest BCUT2D eigenvalue weighted by Gasteiger charge is -2.08. The molecule has 0 saturated heterocycles. The number of hydrogen-bond acceptors (Lipinski definition) is 1. The Balaban J connectivity index is 1.57. The molecule has 0 aliphatic rings. The number of benzene rings is 3. The van der Waals surface area contributed by atoms with Crippen LogP contribution in [-0.4, -0.2) is 6.03 Å².